The number of H-pyrrole nitrogens is 1. The molecular formula is C31H42N5O3+. The molecule has 0 aliphatic carbocycles. The Morgan fingerprint density at radius 2 is 1.67 bits per heavy atom. The Kier molecular flexibility index (Phi) is 8.54. The maximum Gasteiger partial charge on any atom is 0.258 e. The van der Waals surface area contributed by atoms with Crippen molar-refractivity contribution in [2.45, 2.75) is 72.9 Å². The van der Waals surface area contributed by atoms with Gasteiger partial charge in [0.1, 0.15) is 5.54 Å². The zero-order chi connectivity index (χ0) is 28.2. The summed E-state index contributed by atoms with van der Waals surface area (Å²) < 4.78 is 7.72. The van der Waals surface area contributed by atoms with Crippen molar-refractivity contribution in [3.63, 3.8) is 0 Å². The van der Waals surface area contributed by atoms with Gasteiger partial charge in [-0.25, -0.2) is 0 Å². The summed E-state index contributed by atoms with van der Waals surface area (Å²) in [6.07, 6.45) is 1.20. The lowest BCUT2D eigenvalue weighted by molar-refractivity contribution is -0.796. The number of carbonyl (C=O) groups excluding carboxylic acids is 2. The number of aromatic amines is 1. The summed E-state index contributed by atoms with van der Waals surface area (Å²) in [6, 6.07) is 16.0. The lowest BCUT2D eigenvalue weighted by Gasteiger charge is -2.28. The van der Waals surface area contributed by atoms with Crippen LogP contribution in [0.15, 0.2) is 48.5 Å². The number of anilines is 1. The van der Waals surface area contributed by atoms with E-state index >= 15 is 0 Å². The fourth-order valence-corrected chi connectivity index (χ4v) is 4.69. The van der Waals surface area contributed by atoms with Crippen LogP contribution in [0.4, 0.5) is 5.69 Å². The molecule has 8 heteroatoms. The van der Waals surface area contributed by atoms with Crippen molar-refractivity contribution < 1.29 is 19.0 Å². The zero-order valence-corrected chi connectivity index (χ0v) is 24.1. The van der Waals surface area contributed by atoms with Crippen molar-refractivity contribution in [2.75, 3.05) is 24.7 Å². The third-order valence-corrected chi connectivity index (χ3v) is 6.86. The van der Waals surface area contributed by atoms with E-state index in [0.717, 1.165) is 40.2 Å². The van der Waals surface area contributed by atoms with Gasteiger partial charge in [0.2, 0.25) is 17.5 Å². The van der Waals surface area contributed by atoms with E-state index in [1.165, 1.54) is 0 Å². The molecule has 0 spiro atoms. The molecule has 1 aliphatic heterocycles. The Bertz CT molecular complexity index is 1320. The van der Waals surface area contributed by atoms with Gasteiger partial charge in [0.15, 0.2) is 0 Å². The largest absolute Gasteiger partial charge is 0.380 e. The van der Waals surface area contributed by atoms with Crippen LogP contribution >= 0.6 is 0 Å². The summed E-state index contributed by atoms with van der Waals surface area (Å²) in [4.78, 5) is 27.9. The fraction of sp³-hybridized carbons (Fsp3) is 0.484. The number of ether oxygens (including phenoxy) is 1. The number of amides is 2. The quantitative estimate of drug-likeness (QED) is 0.316. The van der Waals surface area contributed by atoms with Crippen LogP contribution < -0.4 is 14.9 Å². The molecule has 0 saturated carbocycles. The molecule has 0 bridgehead atoms. The number of para-hydroxylation sites is 1. The molecule has 1 aliphatic rings. The summed E-state index contributed by atoms with van der Waals surface area (Å²) in [5, 5.41) is 10.8. The standard InChI is InChI=1S/C31H41N5O3/c1-30(2,3)17-19-39-20-18-32-26(37)15-16-27(38)35-21-22-11-7-8-12-23(22)29-28(24-13-9-10-14-25(24)35)33-34-36(29)31(4,5)6/h7-14H,15-21H2,1-6H3,(H,32,37)/p+1. The van der Waals surface area contributed by atoms with Gasteiger partial charge in [-0.2, -0.15) is 0 Å². The molecule has 2 heterocycles. The van der Waals surface area contributed by atoms with Gasteiger partial charge in [0.25, 0.3) is 5.69 Å². The smallest absolute Gasteiger partial charge is 0.258 e. The van der Waals surface area contributed by atoms with Crippen LogP contribution in [-0.2, 0) is 26.4 Å². The van der Waals surface area contributed by atoms with Gasteiger partial charge in [0.05, 0.1) is 24.4 Å². The number of carbonyl (C=O) groups is 2. The van der Waals surface area contributed by atoms with Gasteiger partial charge >= 0.3 is 0 Å². The Morgan fingerprint density at radius 1 is 0.974 bits per heavy atom. The average Bonchev–Trinajstić information content (AvgIpc) is 3.32. The Morgan fingerprint density at radius 3 is 2.38 bits per heavy atom. The Labute approximate surface area is 231 Å². The first kappa shape index (κ1) is 28.5. The molecule has 4 rings (SSSR count). The second-order valence-electron chi connectivity index (χ2n) is 12.3. The van der Waals surface area contributed by atoms with Gasteiger partial charge in [-0.15, -0.1) is 4.68 Å². The van der Waals surface area contributed by atoms with E-state index in [1.54, 1.807) is 4.90 Å². The molecule has 3 aromatic rings. The molecule has 0 atom stereocenters. The van der Waals surface area contributed by atoms with Crippen LogP contribution in [-0.4, -0.2) is 41.9 Å². The molecule has 1 aromatic heterocycles. The number of nitrogens with zero attached hydrogens (tertiary/aromatic N) is 3. The first-order chi connectivity index (χ1) is 18.5. The second kappa shape index (κ2) is 11.7. The van der Waals surface area contributed by atoms with E-state index < -0.39 is 0 Å². The third kappa shape index (κ3) is 6.92. The van der Waals surface area contributed by atoms with Crippen molar-refractivity contribution in [3.05, 3.63) is 54.1 Å². The number of aromatic nitrogens is 3. The number of benzene rings is 2. The Hall–Kier alpha value is -3.52. The van der Waals surface area contributed by atoms with Crippen molar-refractivity contribution >= 4 is 17.5 Å². The third-order valence-electron chi connectivity index (χ3n) is 6.86. The highest BCUT2D eigenvalue weighted by Gasteiger charge is 2.36. The van der Waals surface area contributed by atoms with Crippen LogP contribution in [0, 0.1) is 5.41 Å². The fourth-order valence-electron chi connectivity index (χ4n) is 4.69. The molecule has 39 heavy (non-hydrogen) atoms. The number of fused-ring (bicyclic) bond motifs is 5. The predicted octanol–water partition coefficient (Wildman–Crippen LogP) is 4.98. The topological polar surface area (TPSA) is 91.2 Å². The van der Waals surface area contributed by atoms with E-state index in [-0.39, 0.29) is 35.6 Å². The summed E-state index contributed by atoms with van der Waals surface area (Å²) >= 11 is 0. The average molecular weight is 533 g/mol. The van der Waals surface area contributed by atoms with Crippen LogP contribution in [0.5, 0.6) is 0 Å². The highest BCUT2D eigenvalue weighted by atomic mass is 16.5. The molecule has 0 unspecified atom stereocenters. The van der Waals surface area contributed by atoms with Crippen LogP contribution in [0.25, 0.3) is 22.5 Å². The van der Waals surface area contributed by atoms with Gasteiger partial charge in [-0.1, -0.05) is 62.4 Å². The summed E-state index contributed by atoms with van der Waals surface area (Å²) in [7, 11) is 0. The predicted molar refractivity (Wildman–Crippen MR) is 153 cm³/mol. The van der Waals surface area contributed by atoms with Crippen molar-refractivity contribution in [2.24, 2.45) is 5.41 Å². The van der Waals surface area contributed by atoms with E-state index in [1.807, 2.05) is 36.4 Å². The minimum atomic E-state index is -0.220. The number of hydrogen-bond acceptors (Lipinski definition) is 4. The number of hydrogen-bond donors (Lipinski definition) is 2. The van der Waals surface area contributed by atoms with Crippen LogP contribution in [0.2, 0.25) is 0 Å². The molecule has 0 saturated heterocycles. The van der Waals surface area contributed by atoms with Gasteiger partial charge in [-0.3, -0.25) is 9.59 Å². The molecule has 208 valence electrons. The molecule has 2 amide bonds. The van der Waals surface area contributed by atoms with Crippen molar-refractivity contribution in [3.8, 4) is 22.5 Å². The monoisotopic (exact) mass is 532 g/mol. The summed E-state index contributed by atoms with van der Waals surface area (Å²) in [6.45, 7) is 14.9. The molecular weight excluding hydrogens is 490 g/mol. The summed E-state index contributed by atoms with van der Waals surface area (Å²) in [5.41, 5.74) is 5.54. The van der Waals surface area contributed by atoms with Crippen LogP contribution in [0.3, 0.4) is 0 Å². The van der Waals surface area contributed by atoms with E-state index in [0.29, 0.717) is 26.3 Å². The number of rotatable bonds is 8. The maximum absolute atomic E-state index is 13.6. The summed E-state index contributed by atoms with van der Waals surface area (Å²) in [5.74, 6) is -0.249. The normalized spacial score (nSPS) is 13.1. The zero-order valence-electron chi connectivity index (χ0n) is 24.1. The Balaban J connectivity index is 1.51. The van der Waals surface area contributed by atoms with E-state index in [9.17, 15) is 9.59 Å². The highest BCUT2D eigenvalue weighted by molar-refractivity contribution is 6.00. The number of nitrogens with one attached hydrogen (secondary N) is 2. The van der Waals surface area contributed by atoms with E-state index in [4.69, 9.17) is 9.84 Å². The molecule has 2 aromatic carbocycles. The van der Waals surface area contributed by atoms with Crippen molar-refractivity contribution in [1.82, 2.24) is 15.6 Å². The minimum absolute atomic E-state index is 0.100. The van der Waals surface area contributed by atoms with Gasteiger partial charge in [0, 0.05) is 36.7 Å². The van der Waals surface area contributed by atoms with Crippen molar-refractivity contribution in [1.29, 1.82) is 0 Å². The SMILES string of the molecule is CC(C)(C)CCOCCNC(=O)CCC(=O)N1Cc2ccccc2-c2c(n[nH][n+]2C(C)(C)C)-c2ccccc21. The highest BCUT2D eigenvalue weighted by Crippen LogP contribution is 2.40. The van der Waals surface area contributed by atoms with Gasteiger partial charge < -0.3 is 15.0 Å². The molecule has 0 radical (unpaired) electrons. The first-order valence-corrected chi connectivity index (χ1v) is 13.8. The lowest BCUT2D eigenvalue weighted by Crippen LogP contribution is -2.53. The second-order valence-corrected chi connectivity index (χ2v) is 12.3. The maximum atomic E-state index is 13.6. The molecule has 0 fully saturated rings. The van der Waals surface area contributed by atoms with Crippen LogP contribution in [0.1, 0.15) is 66.4 Å². The molecule has 2 N–H and O–H groups in total. The van der Waals surface area contributed by atoms with Gasteiger partial charge in [-0.05, 0) is 50.3 Å². The molecule has 8 nitrogen and oxygen atoms in total. The minimum Gasteiger partial charge on any atom is -0.380 e. The lowest BCUT2D eigenvalue weighted by atomic mass is 9.93. The first-order valence-electron chi connectivity index (χ1n) is 13.8. The van der Waals surface area contributed by atoms with E-state index in [2.05, 4.69) is 68.9 Å².